The molecule has 3 rings (SSSR count). The van der Waals surface area contributed by atoms with Crippen LogP contribution < -0.4 is 4.90 Å². The maximum atomic E-state index is 12.7. The molecule has 0 unspecified atom stereocenters. The molecular formula is C16H25N5O4S. The summed E-state index contributed by atoms with van der Waals surface area (Å²) in [5, 5.41) is 0. The van der Waals surface area contributed by atoms with Gasteiger partial charge in [-0.3, -0.25) is 4.79 Å². The van der Waals surface area contributed by atoms with E-state index in [2.05, 4.69) is 9.88 Å². The quantitative estimate of drug-likeness (QED) is 0.696. The van der Waals surface area contributed by atoms with E-state index >= 15 is 0 Å². The predicted molar refractivity (Wildman–Crippen MR) is 97.4 cm³/mol. The average Bonchev–Trinajstić information content (AvgIpc) is 2.68. The lowest BCUT2D eigenvalue weighted by molar-refractivity contribution is 0.0694. The Morgan fingerprint density at radius 2 is 1.73 bits per heavy atom. The minimum Gasteiger partial charge on any atom is -0.378 e. The first-order chi connectivity index (χ1) is 12.4. The van der Waals surface area contributed by atoms with Crippen LogP contribution in [0.15, 0.2) is 18.3 Å². The molecule has 0 spiro atoms. The van der Waals surface area contributed by atoms with Gasteiger partial charge in [-0.25, -0.2) is 4.98 Å². The van der Waals surface area contributed by atoms with Crippen LogP contribution in [0.25, 0.3) is 0 Å². The average molecular weight is 383 g/mol. The molecule has 10 heteroatoms. The first-order valence-corrected chi connectivity index (χ1v) is 10.0. The number of hydrogen-bond acceptors (Lipinski definition) is 6. The molecule has 0 saturated carbocycles. The lowest BCUT2D eigenvalue weighted by Crippen LogP contribution is -2.53. The van der Waals surface area contributed by atoms with E-state index in [1.54, 1.807) is 17.2 Å². The van der Waals surface area contributed by atoms with Crippen molar-refractivity contribution >= 4 is 21.9 Å². The van der Waals surface area contributed by atoms with Crippen LogP contribution >= 0.6 is 0 Å². The molecule has 26 heavy (non-hydrogen) atoms. The molecule has 2 aliphatic heterocycles. The lowest BCUT2D eigenvalue weighted by atomic mass is 10.2. The van der Waals surface area contributed by atoms with Gasteiger partial charge in [-0.15, -0.1) is 0 Å². The molecule has 0 radical (unpaired) electrons. The predicted octanol–water partition coefficient (Wildman–Crippen LogP) is -0.518. The van der Waals surface area contributed by atoms with Crippen LogP contribution in [-0.2, 0) is 14.9 Å². The minimum atomic E-state index is -3.43. The second kappa shape index (κ2) is 7.87. The van der Waals surface area contributed by atoms with E-state index in [-0.39, 0.29) is 5.91 Å². The zero-order chi connectivity index (χ0) is 18.7. The highest BCUT2D eigenvalue weighted by atomic mass is 32.2. The number of nitrogens with zero attached hydrogens (tertiary/aromatic N) is 5. The van der Waals surface area contributed by atoms with Crippen molar-refractivity contribution in [1.29, 1.82) is 0 Å². The zero-order valence-corrected chi connectivity index (χ0v) is 16.0. The fraction of sp³-hybridized carbons (Fsp3) is 0.625. The third-order valence-corrected chi connectivity index (χ3v) is 6.58. The Morgan fingerprint density at radius 1 is 1.08 bits per heavy atom. The molecule has 1 aromatic rings. The summed E-state index contributed by atoms with van der Waals surface area (Å²) in [7, 11) is -0.414. The lowest BCUT2D eigenvalue weighted by Gasteiger charge is -2.35. The largest absolute Gasteiger partial charge is 0.378 e. The first kappa shape index (κ1) is 19.0. The Labute approximate surface area is 154 Å². The number of hydrogen-bond donors (Lipinski definition) is 0. The highest BCUT2D eigenvalue weighted by Gasteiger charge is 2.30. The summed E-state index contributed by atoms with van der Waals surface area (Å²) >= 11 is 0. The van der Waals surface area contributed by atoms with Crippen molar-refractivity contribution in [1.82, 2.24) is 18.5 Å². The van der Waals surface area contributed by atoms with Gasteiger partial charge in [0.15, 0.2) is 0 Å². The van der Waals surface area contributed by atoms with E-state index < -0.39 is 10.2 Å². The number of morpholine rings is 1. The molecule has 0 aliphatic carbocycles. The van der Waals surface area contributed by atoms with E-state index in [0.717, 1.165) is 18.9 Å². The number of anilines is 1. The van der Waals surface area contributed by atoms with Gasteiger partial charge in [0.1, 0.15) is 5.82 Å². The molecule has 0 atom stereocenters. The SMILES string of the molecule is CN(C)S(=O)(=O)N1CCN(C(=O)c2ccc(N3CCOCC3)nc2)CC1. The molecule has 0 bridgehead atoms. The van der Waals surface area contributed by atoms with Crippen molar-refractivity contribution in [2.45, 2.75) is 0 Å². The van der Waals surface area contributed by atoms with Gasteiger partial charge in [0, 0.05) is 59.6 Å². The fourth-order valence-electron chi connectivity index (χ4n) is 3.03. The van der Waals surface area contributed by atoms with Crippen LogP contribution in [0, 0.1) is 0 Å². The Morgan fingerprint density at radius 3 is 2.27 bits per heavy atom. The van der Waals surface area contributed by atoms with Crippen molar-refractivity contribution in [3.05, 3.63) is 23.9 Å². The Kier molecular flexibility index (Phi) is 5.76. The molecule has 2 fully saturated rings. The van der Waals surface area contributed by atoms with Crippen molar-refractivity contribution < 1.29 is 17.9 Å². The van der Waals surface area contributed by atoms with Crippen LogP contribution in [-0.4, -0.2) is 99.4 Å². The molecule has 0 aromatic carbocycles. The van der Waals surface area contributed by atoms with Crippen LogP contribution in [0.4, 0.5) is 5.82 Å². The Bertz CT molecular complexity index is 724. The van der Waals surface area contributed by atoms with Gasteiger partial charge in [-0.2, -0.15) is 17.0 Å². The maximum absolute atomic E-state index is 12.7. The van der Waals surface area contributed by atoms with E-state index in [4.69, 9.17) is 4.74 Å². The van der Waals surface area contributed by atoms with Crippen LogP contribution in [0.3, 0.4) is 0 Å². The van der Waals surface area contributed by atoms with Gasteiger partial charge in [-0.1, -0.05) is 0 Å². The van der Waals surface area contributed by atoms with Crippen LogP contribution in [0.1, 0.15) is 10.4 Å². The summed E-state index contributed by atoms with van der Waals surface area (Å²) in [5.41, 5.74) is 0.519. The third kappa shape index (κ3) is 3.98. The second-order valence-electron chi connectivity index (χ2n) is 6.49. The summed E-state index contributed by atoms with van der Waals surface area (Å²) in [6, 6.07) is 3.63. The van der Waals surface area contributed by atoms with Crippen LogP contribution in [0.5, 0.6) is 0 Å². The molecule has 1 amide bonds. The fourth-order valence-corrected chi connectivity index (χ4v) is 4.11. The van der Waals surface area contributed by atoms with Gasteiger partial charge in [0.05, 0.1) is 18.8 Å². The maximum Gasteiger partial charge on any atom is 0.281 e. The summed E-state index contributed by atoms with van der Waals surface area (Å²) in [5.74, 6) is 0.722. The summed E-state index contributed by atoms with van der Waals surface area (Å²) in [6.07, 6.45) is 1.59. The van der Waals surface area contributed by atoms with E-state index in [0.29, 0.717) is 45.0 Å². The first-order valence-electron chi connectivity index (χ1n) is 8.65. The normalized spacial score (nSPS) is 19.8. The monoisotopic (exact) mass is 383 g/mol. The highest BCUT2D eigenvalue weighted by molar-refractivity contribution is 7.86. The number of rotatable bonds is 4. The Balaban J connectivity index is 1.60. The topological polar surface area (TPSA) is 86.3 Å². The molecule has 1 aromatic heterocycles. The molecule has 0 N–H and O–H groups in total. The zero-order valence-electron chi connectivity index (χ0n) is 15.2. The van der Waals surface area contributed by atoms with Crippen LogP contribution in [0.2, 0.25) is 0 Å². The van der Waals surface area contributed by atoms with E-state index in [9.17, 15) is 13.2 Å². The summed E-state index contributed by atoms with van der Waals surface area (Å²) in [4.78, 5) is 20.9. The number of carbonyl (C=O) groups is 1. The standard InChI is InChI=1S/C16H25N5O4S/c1-18(2)26(23,24)21-7-5-20(6-8-21)16(22)14-3-4-15(17-13-14)19-9-11-25-12-10-19/h3-4,13H,5-12H2,1-2H3. The molecule has 144 valence electrons. The van der Waals surface area contributed by atoms with Crippen molar-refractivity contribution in [3.8, 4) is 0 Å². The number of amides is 1. The van der Waals surface area contributed by atoms with E-state index in [1.807, 2.05) is 6.07 Å². The molecular weight excluding hydrogens is 358 g/mol. The number of ether oxygens (including phenoxy) is 1. The van der Waals surface area contributed by atoms with Gasteiger partial charge in [0.25, 0.3) is 16.1 Å². The minimum absolute atomic E-state index is 0.118. The molecule has 2 saturated heterocycles. The highest BCUT2D eigenvalue weighted by Crippen LogP contribution is 2.16. The van der Waals surface area contributed by atoms with Crippen molar-refractivity contribution in [2.24, 2.45) is 0 Å². The number of piperazine rings is 1. The smallest absolute Gasteiger partial charge is 0.281 e. The van der Waals surface area contributed by atoms with Gasteiger partial charge < -0.3 is 14.5 Å². The Hall–Kier alpha value is -1.75. The van der Waals surface area contributed by atoms with Gasteiger partial charge >= 0.3 is 0 Å². The van der Waals surface area contributed by atoms with E-state index in [1.165, 1.54) is 22.7 Å². The molecule has 9 nitrogen and oxygen atoms in total. The summed E-state index contributed by atoms with van der Waals surface area (Å²) < 4.78 is 32.2. The van der Waals surface area contributed by atoms with Crippen molar-refractivity contribution in [2.75, 3.05) is 71.5 Å². The number of carbonyl (C=O) groups excluding carboxylic acids is 1. The number of aromatic nitrogens is 1. The third-order valence-electron chi connectivity index (χ3n) is 4.64. The molecule has 2 aliphatic rings. The second-order valence-corrected chi connectivity index (χ2v) is 8.63. The number of pyridine rings is 1. The van der Waals surface area contributed by atoms with Crippen molar-refractivity contribution in [3.63, 3.8) is 0 Å². The van der Waals surface area contributed by atoms with Gasteiger partial charge in [0.2, 0.25) is 0 Å². The summed E-state index contributed by atoms with van der Waals surface area (Å²) in [6.45, 7) is 4.29. The van der Waals surface area contributed by atoms with Gasteiger partial charge in [-0.05, 0) is 12.1 Å². The molecule has 3 heterocycles.